The molecule has 0 radical (unpaired) electrons. The van der Waals surface area contributed by atoms with Crippen molar-refractivity contribution in [2.24, 2.45) is 21.5 Å². The van der Waals surface area contributed by atoms with Gasteiger partial charge in [-0.3, -0.25) is 15.0 Å². The second-order valence-electron chi connectivity index (χ2n) is 5.09. The van der Waals surface area contributed by atoms with Crippen molar-refractivity contribution in [3.8, 4) is 0 Å². The van der Waals surface area contributed by atoms with Gasteiger partial charge in [0.05, 0.1) is 5.52 Å². The highest BCUT2D eigenvalue weighted by Gasteiger charge is 2.39. The maximum absolute atomic E-state index is 6.37. The Morgan fingerprint density at radius 1 is 1.25 bits per heavy atom. The van der Waals surface area contributed by atoms with Crippen LogP contribution < -0.4 is 11.5 Å². The van der Waals surface area contributed by atoms with E-state index in [9.17, 15) is 0 Å². The summed E-state index contributed by atoms with van der Waals surface area (Å²) < 4.78 is 0. The molecule has 4 N–H and O–H groups in total. The number of aliphatic imine (C=N–C) groups is 2. The van der Waals surface area contributed by atoms with Crippen LogP contribution in [0.3, 0.4) is 0 Å². The Labute approximate surface area is 117 Å². The Morgan fingerprint density at radius 3 is 2.90 bits per heavy atom. The minimum atomic E-state index is -0.912. The Hall–Kier alpha value is -2.11. The summed E-state index contributed by atoms with van der Waals surface area (Å²) in [6.07, 6.45) is 4.45. The first-order valence-electron chi connectivity index (χ1n) is 6.57. The van der Waals surface area contributed by atoms with Crippen LogP contribution in [0.2, 0.25) is 0 Å². The lowest BCUT2D eigenvalue weighted by Crippen LogP contribution is -2.57. The number of aromatic nitrogens is 1. The second kappa shape index (κ2) is 4.77. The van der Waals surface area contributed by atoms with E-state index in [1.807, 2.05) is 31.2 Å². The van der Waals surface area contributed by atoms with E-state index in [0.717, 1.165) is 16.5 Å². The number of hydrogen-bond acceptors (Lipinski definition) is 5. The van der Waals surface area contributed by atoms with Gasteiger partial charge >= 0.3 is 0 Å². The molecule has 5 heteroatoms. The maximum Gasteiger partial charge on any atom is 0.150 e. The van der Waals surface area contributed by atoms with Crippen LogP contribution >= 0.6 is 0 Å². The fraction of sp³-hybridized carbons (Fsp3) is 0.267. The van der Waals surface area contributed by atoms with Crippen LogP contribution in [-0.2, 0) is 0 Å². The van der Waals surface area contributed by atoms with Crippen LogP contribution in [0.1, 0.15) is 18.4 Å². The standard InChI is InChI=1S/C15H17N5/c1-10(15(17)14(16)19-7-8-20-15)11-4-5-13-12(9-11)3-2-6-18-13/h2-10,14H,16-17H2,1H3. The summed E-state index contributed by atoms with van der Waals surface area (Å²) in [5.74, 6) is -0.0455. The predicted molar refractivity (Wildman–Crippen MR) is 82.0 cm³/mol. The first kappa shape index (κ1) is 12.9. The second-order valence-corrected chi connectivity index (χ2v) is 5.09. The number of pyridine rings is 1. The molecule has 0 saturated heterocycles. The van der Waals surface area contributed by atoms with Gasteiger partial charge in [-0.15, -0.1) is 0 Å². The molecule has 0 amide bonds. The smallest absolute Gasteiger partial charge is 0.150 e. The summed E-state index contributed by atoms with van der Waals surface area (Å²) in [6, 6.07) is 10.1. The van der Waals surface area contributed by atoms with Crippen molar-refractivity contribution in [3.05, 3.63) is 42.1 Å². The van der Waals surface area contributed by atoms with Gasteiger partial charge in [0.1, 0.15) is 11.8 Å². The highest BCUT2D eigenvalue weighted by Crippen LogP contribution is 2.32. The monoisotopic (exact) mass is 267 g/mol. The first-order valence-corrected chi connectivity index (χ1v) is 6.57. The van der Waals surface area contributed by atoms with Crippen LogP contribution in [0.4, 0.5) is 0 Å². The number of nitrogens with two attached hydrogens (primary N) is 2. The van der Waals surface area contributed by atoms with E-state index < -0.39 is 11.8 Å². The van der Waals surface area contributed by atoms with E-state index in [4.69, 9.17) is 11.5 Å². The highest BCUT2D eigenvalue weighted by molar-refractivity contribution is 6.16. The van der Waals surface area contributed by atoms with Crippen molar-refractivity contribution >= 4 is 23.3 Å². The lowest BCUT2D eigenvalue weighted by Gasteiger charge is -2.36. The van der Waals surface area contributed by atoms with Gasteiger partial charge in [-0.25, -0.2) is 0 Å². The van der Waals surface area contributed by atoms with Crippen molar-refractivity contribution in [2.75, 3.05) is 0 Å². The van der Waals surface area contributed by atoms with Crippen LogP contribution in [0.15, 0.2) is 46.5 Å². The Balaban J connectivity index is 2.02. The lowest BCUT2D eigenvalue weighted by atomic mass is 9.85. The fourth-order valence-electron chi connectivity index (χ4n) is 2.49. The average Bonchev–Trinajstić information content (AvgIpc) is 2.49. The third kappa shape index (κ3) is 2.01. The number of benzene rings is 1. The lowest BCUT2D eigenvalue weighted by molar-refractivity contribution is 0.312. The zero-order chi connectivity index (χ0) is 14.2. The third-order valence-electron chi connectivity index (χ3n) is 3.91. The molecular weight excluding hydrogens is 250 g/mol. The molecule has 3 atom stereocenters. The SMILES string of the molecule is CC(c1ccc2ncccc2c1)C1(N)N=CC=NC1N. The molecule has 0 bridgehead atoms. The normalized spacial score (nSPS) is 26.9. The van der Waals surface area contributed by atoms with Gasteiger partial charge in [0.25, 0.3) is 0 Å². The van der Waals surface area contributed by atoms with Gasteiger partial charge in [-0.2, -0.15) is 0 Å². The summed E-state index contributed by atoms with van der Waals surface area (Å²) in [5, 5.41) is 1.08. The van der Waals surface area contributed by atoms with E-state index >= 15 is 0 Å². The molecule has 3 unspecified atom stereocenters. The Bertz CT molecular complexity index is 693. The van der Waals surface area contributed by atoms with Crippen LogP contribution in [0.25, 0.3) is 10.9 Å². The molecule has 2 heterocycles. The van der Waals surface area contributed by atoms with Gasteiger partial charge < -0.3 is 11.5 Å². The van der Waals surface area contributed by atoms with Gasteiger partial charge in [-0.1, -0.05) is 19.1 Å². The van der Waals surface area contributed by atoms with Gasteiger partial charge in [-0.05, 0) is 23.8 Å². The molecule has 102 valence electrons. The van der Waals surface area contributed by atoms with E-state index in [2.05, 4.69) is 21.0 Å². The molecule has 3 rings (SSSR count). The van der Waals surface area contributed by atoms with E-state index in [-0.39, 0.29) is 5.92 Å². The molecule has 0 saturated carbocycles. The largest absolute Gasteiger partial charge is 0.307 e. The molecule has 0 fully saturated rings. The summed E-state index contributed by atoms with van der Waals surface area (Å²) in [6.45, 7) is 2.02. The maximum atomic E-state index is 6.37. The van der Waals surface area contributed by atoms with Crippen molar-refractivity contribution in [2.45, 2.75) is 24.7 Å². The van der Waals surface area contributed by atoms with Crippen molar-refractivity contribution in [1.29, 1.82) is 0 Å². The zero-order valence-corrected chi connectivity index (χ0v) is 11.3. The fourth-order valence-corrected chi connectivity index (χ4v) is 2.49. The summed E-state index contributed by atoms with van der Waals surface area (Å²) in [4.78, 5) is 12.8. The summed E-state index contributed by atoms with van der Waals surface area (Å²) in [5.41, 5.74) is 13.5. The molecule has 0 aliphatic carbocycles. The minimum Gasteiger partial charge on any atom is -0.307 e. The zero-order valence-electron chi connectivity index (χ0n) is 11.3. The number of hydrogen-bond donors (Lipinski definition) is 2. The summed E-state index contributed by atoms with van der Waals surface area (Å²) in [7, 11) is 0. The molecular formula is C15H17N5. The van der Waals surface area contributed by atoms with E-state index in [1.165, 1.54) is 0 Å². The number of fused-ring (bicyclic) bond motifs is 1. The summed E-state index contributed by atoms with van der Waals surface area (Å²) >= 11 is 0. The first-order chi connectivity index (χ1) is 9.61. The molecule has 2 aromatic rings. The number of rotatable bonds is 2. The van der Waals surface area contributed by atoms with Crippen LogP contribution in [0.5, 0.6) is 0 Å². The van der Waals surface area contributed by atoms with Crippen molar-refractivity contribution in [3.63, 3.8) is 0 Å². The van der Waals surface area contributed by atoms with Gasteiger partial charge in [0.2, 0.25) is 0 Å². The average molecular weight is 267 g/mol. The Morgan fingerprint density at radius 2 is 2.10 bits per heavy atom. The molecule has 0 spiro atoms. The van der Waals surface area contributed by atoms with Crippen molar-refractivity contribution in [1.82, 2.24) is 4.98 Å². The molecule has 5 nitrogen and oxygen atoms in total. The third-order valence-corrected chi connectivity index (χ3v) is 3.91. The molecule has 1 aromatic carbocycles. The highest BCUT2D eigenvalue weighted by atomic mass is 15.2. The minimum absolute atomic E-state index is 0.0455. The van der Waals surface area contributed by atoms with Gasteiger partial charge in [0, 0.05) is 29.9 Å². The van der Waals surface area contributed by atoms with Gasteiger partial charge in [0.15, 0.2) is 0 Å². The van der Waals surface area contributed by atoms with Crippen LogP contribution in [0, 0.1) is 0 Å². The molecule has 1 aromatic heterocycles. The van der Waals surface area contributed by atoms with Crippen LogP contribution in [-0.4, -0.2) is 29.2 Å². The van der Waals surface area contributed by atoms with E-state index in [1.54, 1.807) is 18.6 Å². The quantitative estimate of drug-likeness (QED) is 0.862. The topological polar surface area (TPSA) is 89.6 Å². The molecule has 1 aliphatic rings. The van der Waals surface area contributed by atoms with Crippen molar-refractivity contribution < 1.29 is 0 Å². The Kier molecular flexibility index (Phi) is 3.08. The molecule has 20 heavy (non-hydrogen) atoms. The predicted octanol–water partition coefficient (Wildman–Crippen LogP) is 1.43. The number of nitrogens with zero attached hydrogens (tertiary/aromatic N) is 3. The molecule has 1 aliphatic heterocycles. The van der Waals surface area contributed by atoms with E-state index in [0.29, 0.717) is 0 Å².